The Morgan fingerprint density at radius 3 is 2.47 bits per heavy atom. The molecule has 0 saturated heterocycles. The number of nitrogens with two attached hydrogens (primary N) is 1. The van der Waals surface area contributed by atoms with E-state index in [4.69, 9.17) is 10.5 Å². The lowest BCUT2D eigenvalue weighted by molar-refractivity contribution is 0.251. The van der Waals surface area contributed by atoms with Crippen LogP contribution < -0.4 is 21.1 Å². The zero-order chi connectivity index (χ0) is 22.2. The number of nitrogens with one attached hydrogen (secondary N) is 2. The smallest absolute Gasteiger partial charge is 0.319 e. The fourth-order valence-corrected chi connectivity index (χ4v) is 3.06. The highest BCUT2D eigenvalue weighted by Gasteiger charge is 2.07. The predicted molar refractivity (Wildman–Crippen MR) is 123 cm³/mol. The third-order valence-electron chi connectivity index (χ3n) is 4.68. The van der Waals surface area contributed by atoms with Gasteiger partial charge in [0.25, 0.3) is 0 Å². The molecule has 4 aromatic rings. The molecule has 0 atom stereocenters. The van der Waals surface area contributed by atoms with E-state index in [1.54, 1.807) is 36.9 Å². The van der Waals surface area contributed by atoms with Gasteiger partial charge in [-0.1, -0.05) is 30.3 Å². The molecule has 0 aliphatic carbocycles. The molecule has 8 nitrogen and oxygen atoms in total. The normalized spacial score (nSPS) is 10.4. The summed E-state index contributed by atoms with van der Waals surface area (Å²) < 4.78 is 5.94. The molecule has 0 radical (unpaired) electrons. The summed E-state index contributed by atoms with van der Waals surface area (Å²) in [6, 6.07) is 18.5. The van der Waals surface area contributed by atoms with Gasteiger partial charge in [0.05, 0.1) is 0 Å². The van der Waals surface area contributed by atoms with Crippen LogP contribution in [-0.4, -0.2) is 21.0 Å². The first-order chi connectivity index (χ1) is 15.7. The van der Waals surface area contributed by atoms with Gasteiger partial charge in [-0.25, -0.2) is 14.8 Å². The van der Waals surface area contributed by atoms with Crippen molar-refractivity contribution < 1.29 is 9.53 Å². The number of hydrogen-bond acceptors (Lipinski definition) is 6. The SMILES string of the molecule is Nc1ncc(-c2ccccc2COc2ccc(NC(=O)NCc3cccnc3)cc2)cn1. The number of hydrogen-bond donors (Lipinski definition) is 3. The molecule has 4 rings (SSSR count). The Kier molecular flexibility index (Phi) is 6.52. The number of carbonyl (C=O) groups is 1. The molecule has 0 spiro atoms. The second kappa shape index (κ2) is 10.0. The second-order valence-corrected chi connectivity index (χ2v) is 6.97. The van der Waals surface area contributed by atoms with E-state index < -0.39 is 0 Å². The topological polar surface area (TPSA) is 115 Å². The van der Waals surface area contributed by atoms with E-state index in [-0.39, 0.29) is 12.0 Å². The zero-order valence-corrected chi connectivity index (χ0v) is 17.2. The first kappa shape index (κ1) is 20.8. The molecule has 2 aromatic heterocycles. The lowest BCUT2D eigenvalue weighted by Gasteiger charge is -2.12. The van der Waals surface area contributed by atoms with Crippen LogP contribution in [0.1, 0.15) is 11.1 Å². The lowest BCUT2D eigenvalue weighted by Crippen LogP contribution is -2.28. The number of rotatable bonds is 7. The van der Waals surface area contributed by atoms with Crippen LogP contribution in [0.15, 0.2) is 85.5 Å². The van der Waals surface area contributed by atoms with Crippen LogP contribution in [0, 0.1) is 0 Å². The van der Waals surface area contributed by atoms with Gasteiger partial charge in [-0.2, -0.15) is 0 Å². The van der Waals surface area contributed by atoms with Crippen LogP contribution in [-0.2, 0) is 13.2 Å². The highest BCUT2D eigenvalue weighted by Crippen LogP contribution is 2.24. The van der Waals surface area contributed by atoms with E-state index in [9.17, 15) is 4.79 Å². The summed E-state index contributed by atoms with van der Waals surface area (Å²) in [5, 5.41) is 5.59. The molecule has 32 heavy (non-hydrogen) atoms. The third-order valence-corrected chi connectivity index (χ3v) is 4.68. The average molecular weight is 426 g/mol. The maximum Gasteiger partial charge on any atom is 0.319 e. The fourth-order valence-electron chi connectivity index (χ4n) is 3.06. The number of anilines is 2. The molecule has 160 valence electrons. The predicted octanol–water partition coefficient (Wildman–Crippen LogP) is 4.02. The number of benzene rings is 2. The van der Waals surface area contributed by atoms with Crippen molar-refractivity contribution in [2.45, 2.75) is 13.2 Å². The monoisotopic (exact) mass is 426 g/mol. The largest absolute Gasteiger partial charge is 0.489 e. The van der Waals surface area contributed by atoms with Crippen molar-refractivity contribution in [2.24, 2.45) is 0 Å². The Bertz CT molecular complexity index is 1170. The van der Waals surface area contributed by atoms with E-state index in [0.717, 1.165) is 22.3 Å². The van der Waals surface area contributed by atoms with E-state index >= 15 is 0 Å². The Labute approximate surface area is 185 Å². The molecule has 2 aromatic carbocycles. The number of amides is 2. The molecule has 4 N–H and O–H groups in total. The van der Waals surface area contributed by atoms with Crippen LogP contribution in [0.3, 0.4) is 0 Å². The third kappa shape index (κ3) is 5.57. The second-order valence-electron chi connectivity index (χ2n) is 6.97. The average Bonchev–Trinajstić information content (AvgIpc) is 2.84. The molecular formula is C24H22N6O2. The van der Waals surface area contributed by atoms with Crippen LogP contribution in [0.5, 0.6) is 5.75 Å². The van der Waals surface area contributed by atoms with Crippen LogP contribution in [0.4, 0.5) is 16.4 Å². The standard InChI is InChI=1S/C24H22N6O2/c25-23-27-14-19(15-28-23)22-6-2-1-5-18(22)16-32-21-9-7-20(8-10-21)30-24(31)29-13-17-4-3-11-26-12-17/h1-12,14-15H,13,16H2,(H2,25,27,28)(H2,29,30,31). The highest BCUT2D eigenvalue weighted by atomic mass is 16.5. The van der Waals surface area contributed by atoms with Gasteiger partial charge >= 0.3 is 6.03 Å². The highest BCUT2D eigenvalue weighted by molar-refractivity contribution is 5.89. The lowest BCUT2D eigenvalue weighted by atomic mass is 10.0. The van der Waals surface area contributed by atoms with Gasteiger partial charge in [0.1, 0.15) is 12.4 Å². The van der Waals surface area contributed by atoms with Crippen LogP contribution in [0.2, 0.25) is 0 Å². The summed E-state index contributed by atoms with van der Waals surface area (Å²) in [6.45, 7) is 0.776. The summed E-state index contributed by atoms with van der Waals surface area (Å²) in [7, 11) is 0. The van der Waals surface area contributed by atoms with Gasteiger partial charge in [0.2, 0.25) is 5.95 Å². The minimum Gasteiger partial charge on any atom is -0.489 e. The first-order valence-electron chi connectivity index (χ1n) is 10.00. The molecule has 2 amide bonds. The summed E-state index contributed by atoms with van der Waals surface area (Å²) in [5.41, 5.74) is 10.0. The van der Waals surface area contributed by atoms with Gasteiger partial charge in [0, 0.05) is 42.6 Å². The van der Waals surface area contributed by atoms with Crippen molar-refractivity contribution in [1.82, 2.24) is 20.3 Å². The van der Waals surface area contributed by atoms with E-state index in [2.05, 4.69) is 25.6 Å². The van der Waals surface area contributed by atoms with Gasteiger partial charge in [-0.05, 0) is 47.0 Å². The number of carbonyl (C=O) groups excluding carboxylic acids is 1. The maximum atomic E-state index is 12.1. The molecule has 8 heteroatoms. The van der Waals surface area contributed by atoms with Gasteiger partial charge in [-0.15, -0.1) is 0 Å². The number of urea groups is 1. The Balaban J connectivity index is 1.33. The van der Waals surface area contributed by atoms with Gasteiger partial charge < -0.3 is 21.1 Å². The molecule has 0 aliphatic heterocycles. The van der Waals surface area contributed by atoms with Crippen molar-refractivity contribution in [3.63, 3.8) is 0 Å². The fraction of sp³-hybridized carbons (Fsp3) is 0.0833. The molecule has 2 heterocycles. The maximum absolute atomic E-state index is 12.1. The number of aromatic nitrogens is 3. The molecule has 0 fully saturated rings. The molecule has 0 unspecified atom stereocenters. The Hall–Kier alpha value is -4.46. The van der Waals surface area contributed by atoms with E-state index in [0.29, 0.717) is 24.6 Å². The minimum atomic E-state index is -0.290. The van der Waals surface area contributed by atoms with Crippen LogP contribution in [0.25, 0.3) is 11.1 Å². The summed E-state index contributed by atoms with van der Waals surface area (Å²) in [5.74, 6) is 0.927. The quantitative estimate of drug-likeness (QED) is 0.411. The minimum absolute atomic E-state index is 0.238. The van der Waals surface area contributed by atoms with Crippen molar-refractivity contribution >= 4 is 17.7 Å². The van der Waals surface area contributed by atoms with Gasteiger partial charge in [0.15, 0.2) is 0 Å². The first-order valence-corrected chi connectivity index (χ1v) is 10.00. The number of pyridine rings is 1. The summed E-state index contributed by atoms with van der Waals surface area (Å²) in [6.07, 6.45) is 6.80. The van der Waals surface area contributed by atoms with Crippen molar-refractivity contribution in [1.29, 1.82) is 0 Å². The number of nitrogen functional groups attached to an aromatic ring is 1. The summed E-state index contributed by atoms with van der Waals surface area (Å²) >= 11 is 0. The molecular weight excluding hydrogens is 404 g/mol. The Morgan fingerprint density at radius 1 is 0.938 bits per heavy atom. The Morgan fingerprint density at radius 2 is 1.72 bits per heavy atom. The zero-order valence-electron chi connectivity index (χ0n) is 17.2. The van der Waals surface area contributed by atoms with Crippen LogP contribution >= 0.6 is 0 Å². The van der Waals surface area contributed by atoms with Crippen molar-refractivity contribution in [3.05, 3.63) is 96.6 Å². The molecule has 0 bridgehead atoms. The molecule has 0 aliphatic rings. The van der Waals surface area contributed by atoms with Gasteiger partial charge in [-0.3, -0.25) is 4.98 Å². The van der Waals surface area contributed by atoms with Crippen molar-refractivity contribution in [3.8, 4) is 16.9 Å². The van der Waals surface area contributed by atoms with E-state index in [1.807, 2.05) is 48.5 Å². The van der Waals surface area contributed by atoms with E-state index in [1.165, 1.54) is 0 Å². The summed E-state index contributed by atoms with van der Waals surface area (Å²) in [4.78, 5) is 24.2. The number of ether oxygens (including phenoxy) is 1. The van der Waals surface area contributed by atoms with Crippen molar-refractivity contribution in [2.75, 3.05) is 11.1 Å². The molecule has 0 saturated carbocycles. The number of nitrogens with zero attached hydrogens (tertiary/aromatic N) is 3.